The number of carbonyl (C=O) groups is 1. The summed E-state index contributed by atoms with van der Waals surface area (Å²) in [6, 6.07) is 13.6. The molecule has 1 aliphatic heterocycles. The number of hydrogen-bond acceptors (Lipinski definition) is 4. The molecule has 28 heavy (non-hydrogen) atoms. The Morgan fingerprint density at radius 2 is 1.89 bits per heavy atom. The Labute approximate surface area is 160 Å². The maximum Gasteiger partial charge on any atom is 0.256 e. The number of carbonyl (C=O) groups excluding carboxylic acids is 1. The Kier molecular flexibility index (Phi) is 4.65. The topological polar surface area (TPSA) is 84.1 Å². The van der Waals surface area contributed by atoms with Crippen LogP contribution in [0.3, 0.4) is 0 Å². The molecular weight excluding hydrogens is 361 g/mol. The molecule has 2 N–H and O–H groups in total. The van der Waals surface area contributed by atoms with Gasteiger partial charge in [-0.2, -0.15) is 0 Å². The van der Waals surface area contributed by atoms with Crippen LogP contribution in [-0.4, -0.2) is 15.9 Å². The zero-order valence-corrected chi connectivity index (χ0v) is 15.2. The molecule has 0 spiro atoms. The molecule has 1 unspecified atom stereocenters. The maximum absolute atomic E-state index is 13.7. The number of aromatic nitrogens is 2. The summed E-state index contributed by atoms with van der Waals surface area (Å²) in [5.74, 6) is 0.439. The van der Waals surface area contributed by atoms with Gasteiger partial charge in [-0.15, -0.1) is 0 Å². The molecule has 6 nitrogen and oxygen atoms in total. The second-order valence-corrected chi connectivity index (χ2v) is 6.67. The van der Waals surface area contributed by atoms with Crippen LogP contribution in [0.4, 0.5) is 10.2 Å². The lowest BCUT2D eigenvalue weighted by molar-refractivity contribution is -0.116. The molecule has 3 aromatic rings. The van der Waals surface area contributed by atoms with E-state index in [1.165, 1.54) is 6.07 Å². The predicted molar refractivity (Wildman–Crippen MR) is 102 cm³/mol. The maximum atomic E-state index is 13.7. The van der Waals surface area contributed by atoms with Crippen molar-refractivity contribution >= 4 is 11.7 Å². The fourth-order valence-electron chi connectivity index (χ4n) is 3.34. The highest BCUT2D eigenvalue weighted by Crippen LogP contribution is 2.34. The summed E-state index contributed by atoms with van der Waals surface area (Å²) in [5.41, 5.74) is 1.47. The van der Waals surface area contributed by atoms with Gasteiger partial charge < -0.3 is 15.0 Å². The average Bonchev–Trinajstić information content (AvgIpc) is 2.66. The lowest BCUT2D eigenvalue weighted by Crippen LogP contribution is -2.31. The van der Waals surface area contributed by atoms with Gasteiger partial charge in [-0.3, -0.25) is 9.59 Å². The summed E-state index contributed by atoms with van der Waals surface area (Å²) in [6.07, 6.45) is 0.163. The number of amides is 1. The molecular formula is C21H18FN3O3. The van der Waals surface area contributed by atoms with E-state index in [0.29, 0.717) is 28.5 Å². The smallest absolute Gasteiger partial charge is 0.256 e. The molecule has 1 aliphatic rings. The molecule has 0 bridgehead atoms. The van der Waals surface area contributed by atoms with Crippen LogP contribution in [0.25, 0.3) is 0 Å². The minimum absolute atomic E-state index is 0.115. The van der Waals surface area contributed by atoms with E-state index >= 15 is 0 Å². The number of aromatic amines is 1. The molecule has 2 heterocycles. The summed E-state index contributed by atoms with van der Waals surface area (Å²) in [5, 5.41) is 2.67. The first-order valence-electron chi connectivity index (χ1n) is 8.88. The van der Waals surface area contributed by atoms with Gasteiger partial charge in [0.25, 0.3) is 5.56 Å². The van der Waals surface area contributed by atoms with Crippen molar-refractivity contribution in [1.82, 2.24) is 9.97 Å². The van der Waals surface area contributed by atoms with E-state index in [9.17, 15) is 14.0 Å². The number of anilines is 1. The molecule has 142 valence electrons. The first kappa shape index (κ1) is 17.9. The summed E-state index contributed by atoms with van der Waals surface area (Å²) >= 11 is 0. The molecule has 1 aromatic heterocycles. The first-order valence-corrected chi connectivity index (χ1v) is 8.88. The van der Waals surface area contributed by atoms with Crippen LogP contribution in [0.15, 0.2) is 53.3 Å². The number of rotatable bonds is 4. The average molecular weight is 379 g/mol. The Morgan fingerprint density at radius 1 is 1.14 bits per heavy atom. The van der Waals surface area contributed by atoms with Crippen molar-refractivity contribution < 1.29 is 13.9 Å². The largest absolute Gasteiger partial charge is 0.489 e. The molecule has 2 aromatic carbocycles. The number of H-pyrrole nitrogens is 1. The predicted octanol–water partition coefficient (Wildman–Crippen LogP) is 3.27. The first-order chi connectivity index (χ1) is 13.5. The van der Waals surface area contributed by atoms with Gasteiger partial charge in [-0.1, -0.05) is 30.3 Å². The number of nitrogens with one attached hydrogen (secondary N) is 2. The van der Waals surface area contributed by atoms with Crippen LogP contribution >= 0.6 is 0 Å². The number of fused-ring (bicyclic) bond motifs is 1. The van der Waals surface area contributed by atoms with Gasteiger partial charge in [0.2, 0.25) is 5.91 Å². The molecule has 0 saturated heterocycles. The third kappa shape index (κ3) is 3.51. The second kappa shape index (κ2) is 7.26. The van der Waals surface area contributed by atoms with E-state index in [-0.39, 0.29) is 36.2 Å². The molecule has 1 atom stereocenters. The zero-order valence-electron chi connectivity index (χ0n) is 15.2. The number of halogens is 1. The number of ether oxygens (including phenoxy) is 1. The van der Waals surface area contributed by atoms with E-state index in [1.807, 2.05) is 12.1 Å². The van der Waals surface area contributed by atoms with Crippen molar-refractivity contribution in [3.8, 4) is 5.75 Å². The summed E-state index contributed by atoms with van der Waals surface area (Å²) in [7, 11) is 0. The quantitative estimate of drug-likeness (QED) is 0.729. The van der Waals surface area contributed by atoms with E-state index in [2.05, 4.69) is 15.3 Å². The van der Waals surface area contributed by atoms with Crippen LogP contribution in [-0.2, 0) is 11.4 Å². The van der Waals surface area contributed by atoms with Crippen LogP contribution in [0, 0.1) is 12.7 Å². The van der Waals surface area contributed by atoms with E-state index in [4.69, 9.17) is 4.74 Å². The van der Waals surface area contributed by atoms with Crippen LogP contribution in [0.1, 0.15) is 34.9 Å². The molecule has 0 saturated carbocycles. The number of nitrogens with zero attached hydrogens (tertiary/aromatic N) is 1. The van der Waals surface area contributed by atoms with Crippen LogP contribution < -0.4 is 15.6 Å². The Hall–Kier alpha value is -3.48. The fourth-order valence-corrected chi connectivity index (χ4v) is 3.34. The highest BCUT2D eigenvalue weighted by molar-refractivity contribution is 5.94. The third-order valence-electron chi connectivity index (χ3n) is 4.70. The molecule has 4 rings (SSSR count). The van der Waals surface area contributed by atoms with Crippen LogP contribution in [0.5, 0.6) is 5.75 Å². The highest BCUT2D eigenvalue weighted by atomic mass is 19.1. The van der Waals surface area contributed by atoms with Gasteiger partial charge in [0.05, 0.1) is 5.56 Å². The number of benzene rings is 2. The Balaban J connectivity index is 1.57. The Bertz CT molecular complexity index is 1090. The van der Waals surface area contributed by atoms with Gasteiger partial charge in [-0.25, -0.2) is 9.37 Å². The van der Waals surface area contributed by atoms with E-state index < -0.39 is 0 Å². The van der Waals surface area contributed by atoms with E-state index in [1.54, 1.807) is 37.3 Å². The third-order valence-corrected chi connectivity index (χ3v) is 4.70. The minimum atomic E-state index is -0.388. The van der Waals surface area contributed by atoms with Crippen molar-refractivity contribution in [3.63, 3.8) is 0 Å². The van der Waals surface area contributed by atoms with Crippen LogP contribution in [0.2, 0.25) is 0 Å². The molecule has 0 fully saturated rings. The van der Waals surface area contributed by atoms with Crippen molar-refractivity contribution in [2.75, 3.05) is 5.32 Å². The minimum Gasteiger partial charge on any atom is -0.489 e. The monoisotopic (exact) mass is 379 g/mol. The van der Waals surface area contributed by atoms with Crippen molar-refractivity contribution in [3.05, 3.63) is 87.2 Å². The van der Waals surface area contributed by atoms with Gasteiger partial charge in [0.15, 0.2) is 0 Å². The van der Waals surface area contributed by atoms with Gasteiger partial charge >= 0.3 is 0 Å². The summed E-state index contributed by atoms with van der Waals surface area (Å²) in [4.78, 5) is 31.4. The van der Waals surface area contributed by atoms with Gasteiger partial charge in [0.1, 0.15) is 29.8 Å². The molecule has 1 amide bonds. The van der Waals surface area contributed by atoms with Crippen molar-refractivity contribution in [2.24, 2.45) is 0 Å². The SMILES string of the molecule is Cc1nc2c(c(=O)[nH]1)C(c1ccc(OCc3ccccc3F)cc1)CC(=O)N2. The zero-order chi connectivity index (χ0) is 19.7. The molecule has 7 heteroatoms. The number of hydrogen-bond donors (Lipinski definition) is 2. The second-order valence-electron chi connectivity index (χ2n) is 6.67. The standard InChI is InChI=1S/C21H18FN3O3/c1-12-23-20-19(21(27)24-12)16(10-18(26)25-20)13-6-8-15(9-7-13)28-11-14-4-2-3-5-17(14)22/h2-9,16H,10-11H2,1H3,(H2,23,24,25,26,27). The normalized spacial score (nSPS) is 15.6. The highest BCUT2D eigenvalue weighted by Gasteiger charge is 2.30. The molecule has 0 aliphatic carbocycles. The Morgan fingerprint density at radius 3 is 2.64 bits per heavy atom. The molecule has 0 radical (unpaired) electrons. The lowest BCUT2D eigenvalue weighted by Gasteiger charge is -2.24. The van der Waals surface area contributed by atoms with Crippen molar-refractivity contribution in [2.45, 2.75) is 25.9 Å². The number of aryl methyl sites for hydroxylation is 1. The van der Waals surface area contributed by atoms with E-state index in [0.717, 1.165) is 5.56 Å². The van der Waals surface area contributed by atoms with Crippen molar-refractivity contribution in [1.29, 1.82) is 0 Å². The lowest BCUT2D eigenvalue weighted by atomic mass is 9.87. The van der Waals surface area contributed by atoms with Gasteiger partial charge in [-0.05, 0) is 30.7 Å². The summed E-state index contributed by atoms with van der Waals surface area (Å²) < 4.78 is 19.3. The van der Waals surface area contributed by atoms with Gasteiger partial charge in [0, 0.05) is 17.9 Å². The summed E-state index contributed by atoms with van der Waals surface area (Å²) in [6.45, 7) is 1.78. The fraction of sp³-hybridized carbons (Fsp3) is 0.190.